The van der Waals surface area contributed by atoms with E-state index in [1.165, 1.54) is 38.5 Å². The Morgan fingerprint density at radius 3 is 1.13 bits per heavy atom. The van der Waals surface area contributed by atoms with Gasteiger partial charge in [-0.25, -0.2) is 0 Å². The first-order chi connectivity index (χ1) is 10.5. The standard InChI is InChI=1S/2C8H8O3.Mg/c2*1-11-7-4-2-6(3-5-7)8(9)10;/h2*2-5H,1H3,(H,9,10);/q;;+2/p-2. The minimum Gasteiger partial charge on any atom is -0.545 e. The van der Waals surface area contributed by atoms with E-state index in [-0.39, 0.29) is 34.2 Å². The molecule has 0 bridgehead atoms. The summed E-state index contributed by atoms with van der Waals surface area (Å²) >= 11 is 0. The average molecular weight is 327 g/mol. The van der Waals surface area contributed by atoms with Crippen molar-refractivity contribution in [3.05, 3.63) is 59.7 Å². The first kappa shape index (κ1) is 20.7. The molecule has 0 saturated heterocycles. The quantitative estimate of drug-likeness (QED) is 0.718. The molecule has 7 heteroatoms. The Labute approximate surface area is 149 Å². The van der Waals surface area contributed by atoms with Gasteiger partial charge in [0.1, 0.15) is 11.5 Å². The van der Waals surface area contributed by atoms with Crippen LogP contribution in [0.5, 0.6) is 11.5 Å². The Hall–Kier alpha value is -2.25. The smallest absolute Gasteiger partial charge is 0.545 e. The second-order valence-corrected chi connectivity index (χ2v) is 4.03. The molecule has 0 aliphatic heterocycles. The van der Waals surface area contributed by atoms with Gasteiger partial charge in [0, 0.05) is 0 Å². The molecule has 0 aliphatic rings. The molecule has 0 saturated carbocycles. The van der Waals surface area contributed by atoms with E-state index in [9.17, 15) is 19.8 Å². The van der Waals surface area contributed by atoms with Gasteiger partial charge in [0.25, 0.3) is 0 Å². The molecule has 0 N–H and O–H groups in total. The van der Waals surface area contributed by atoms with Crippen molar-refractivity contribution in [2.45, 2.75) is 0 Å². The molecule has 116 valence electrons. The van der Waals surface area contributed by atoms with Gasteiger partial charge in [0.05, 0.1) is 26.2 Å². The molecular formula is C16H14MgO6. The second kappa shape index (κ2) is 10.5. The molecule has 0 amide bonds. The molecule has 0 heterocycles. The van der Waals surface area contributed by atoms with Crippen molar-refractivity contribution in [2.24, 2.45) is 0 Å². The number of hydrogen-bond acceptors (Lipinski definition) is 6. The summed E-state index contributed by atoms with van der Waals surface area (Å²) < 4.78 is 9.67. The zero-order chi connectivity index (χ0) is 16.5. The number of rotatable bonds is 4. The van der Waals surface area contributed by atoms with Crippen molar-refractivity contribution in [3.63, 3.8) is 0 Å². The number of carboxylic acids is 2. The number of benzene rings is 2. The minimum atomic E-state index is -1.17. The van der Waals surface area contributed by atoms with E-state index < -0.39 is 11.9 Å². The van der Waals surface area contributed by atoms with Crippen molar-refractivity contribution in [1.29, 1.82) is 0 Å². The van der Waals surface area contributed by atoms with E-state index in [0.717, 1.165) is 0 Å². The third kappa shape index (κ3) is 7.03. The van der Waals surface area contributed by atoms with E-state index in [4.69, 9.17) is 9.47 Å². The fourth-order valence-corrected chi connectivity index (χ4v) is 1.45. The number of carbonyl (C=O) groups excluding carboxylic acids is 2. The summed E-state index contributed by atoms with van der Waals surface area (Å²) in [7, 11) is 3.04. The summed E-state index contributed by atoms with van der Waals surface area (Å²) in [6.07, 6.45) is 0. The molecule has 23 heavy (non-hydrogen) atoms. The largest absolute Gasteiger partial charge is 2.00 e. The van der Waals surface area contributed by atoms with Crippen molar-refractivity contribution in [2.75, 3.05) is 14.2 Å². The van der Waals surface area contributed by atoms with Crippen LogP contribution in [0.25, 0.3) is 0 Å². The predicted molar refractivity (Wildman–Crippen MR) is 80.4 cm³/mol. The van der Waals surface area contributed by atoms with E-state index in [0.29, 0.717) is 11.5 Å². The Morgan fingerprint density at radius 2 is 0.957 bits per heavy atom. The van der Waals surface area contributed by atoms with Crippen molar-refractivity contribution in [3.8, 4) is 11.5 Å². The van der Waals surface area contributed by atoms with Gasteiger partial charge in [-0.3, -0.25) is 0 Å². The second-order valence-electron chi connectivity index (χ2n) is 4.03. The van der Waals surface area contributed by atoms with Gasteiger partial charge in [0.2, 0.25) is 0 Å². The summed E-state index contributed by atoms with van der Waals surface area (Å²) in [6.45, 7) is 0. The molecule has 0 spiro atoms. The van der Waals surface area contributed by atoms with Crippen LogP contribution in [0.4, 0.5) is 0 Å². The van der Waals surface area contributed by atoms with Crippen LogP contribution in [0.3, 0.4) is 0 Å². The SMILES string of the molecule is COc1ccc(C(=O)[O-])cc1.COc1ccc(C(=O)[O-])cc1.[Mg+2]. The van der Waals surface area contributed by atoms with Crippen LogP contribution in [0.15, 0.2) is 48.5 Å². The van der Waals surface area contributed by atoms with E-state index in [2.05, 4.69) is 0 Å². The van der Waals surface area contributed by atoms with Crippen molar-refractivity contribution >= 4 is 35.0 Å². The fourth-order valence-electron chi connectivity index (χ4n) is 1.45. The first-order valence-corrected chi connectivity index (χ1v) is 6.18. The molecule has 0 atom stereocenters. The Morgan fingerprint density at radius 1 is 0.696 bits per heavy atom. The van der Waals surface area contributed by atoms with Gasteiger partial charge >= 0.3 is 23.1 Å². The maximum Gasteiger partial charge on any atom is 2.00 e. The summed E-state index contributed by atoms with van der Waals surface area (Å²) in [5.74, 6) is -1.08. The zero-order valence-corrected chi connectivity index (χ0v) is 14.2. The number of carboxylic acid groups (broad SMARTS) is 2. The van der Waals surface area contributed by atoms with Gasteiger partial charge in [-0.05, 0) is 59.7 Å². The molecule has 2 aromatic rings. The molecule has 2 rings (SSSR count). The van der Waals surface area contributed by atoms with Gasteiger partial charge in [0.15, 0.2) is 0 Å². The van der Waals surface area contributed by atoms with Crippen LogP contribution >= 0.6 is 0 Å². The normalized spacial score (nSPS) is 8.78. The monoisotopic (exact) mass is 326 g/mol. The van der Waals surface area contributed by atoms with Gasteiger partial charge in [-0.15, -0.1) is 0 Å². The molecule has 2 aromatic carbocycles. The summed E-state index contributed by atoms with van der Waals surface area (Å²) in [5.41, 5.74) is 0.316. The Kier molecular flexibility index (Phi) is 9.44. The molecular weight excluding hydrogens is 312 g/mol. The summed E-state index contributed by atoms with van der Waals surface area (Å²) in [6, 6.07) is 12.1. The number of hydrogen-bond donors (Lipinski definition) is 0. The molecule has 0 unspecified atom stereocenters. The minimum absolute atomic E-state index is 0. The van der Waals surface area contributed by atoms with Gasteiger partial charge in [-0.1, -0.05) is 0 Å². The predicted octanol–water partition coefficient (Wildman–Crippen LogP) is -0.263. The molecule has 6 nitrogen and oxygen atoms in total. The maximum absolute atomic E-state index is 10.2. The summed E-state index contributed by atoms with van der Waals surface area (Å²) in [5, 5.41) is 20.5. The topological polar surface area (TPSA) is 98.7 Å². The number of ether oxygens (including phenoxy) is 2. The molecule has 0 radical (unpaired) electrons. The van der Waals surface area contributed by atoms with Crippen LogP contribution in [-0.4, -0.2) is 49.2 Å². The summed E-state index contributed by atoms with van der Waals surface area (Å²) in [4.78, 5) is 20.5. The maximum atomic E-state index is 10.2. The molecule has 0 fully saturated rings. The number of carbonyl (C=O) groups is 2. The molecule has 0 aliphatic carbocycles. The van der Waals surface area contributed by atoms with Crippen LogP contribution < -0.4 is 19.7 Å². The van der Waals surface area contributed by atoms with Crippen molar-refractivity contribution < 1.29 is 29.3 Å². The van der Waals surface area contributed by atoms with Crippen LogP contribution in [0, 0.1) is 0 Å². The van der Waals surface area contributed by atoms with Crippen LogP contribution in [-0.2, 0) is 0 Å². The van der Waals surface area contributed by atoms with Gasteiger partial charge in [-0.2, -0.15) is 0 Å². The number of aromatic carboxylic acids is 2. The van der Waals surface area contributed by atoms with Crippen LogP contribution in [0.1, 0.15) is 20.7 Å². The fraction of sp³-hybridized carbons (Fsp3) is 0.125. The van der Waals surface area contributed by atoms with E-state index in [1.54, 1.807) is 24.3 Å². The van der Waals surface area contributed by atoms with Crippen molar-refractivity contribution in [1.82, 2.24) is 0 Å². The van der Waals surface area contributed by atoms with E-state index >= 15 is 0 Å². The Bertz CT molecular complexity index is 565. The van der Waals surface area contributed by atoms with E-state index in [1.807, 2.05) is 0 Å². The number of methoxy groups -OCH3 is 2. The molecule has 0 aromatic heterocycles. The zero-order valence-electron chi connectivity index (χ0n) is 12.8. The third-order valence-electron chi connectivity index (χ3n) is 2.65. The Balaban J connectivity index is 0.000000403. The van der Waals surface area contributed by atoms with Gasteiger partial charge < -0.3 is 29.3 Å². The first-order valence-electron chi connectivity index (χ1n) is 6.18. The third-order valence-corrected chi connectivity index (χ3v) is 2.65. The van der Waals surface area contributed by atoms with Crippen LogP contribution in [0.2, 0.25) is 0 Å². The average Bonchev–Trinajstić information content (AvgIpc) is 2.55.